The van der Waals surface area contributed by atoms with Gasteiger partial charge in [-0.2, -0.15) is 0 Å². The van der Waals surface area contributed by atoms with E-state index >= 15 is 0 Å². The first-order chi connectivity index (χ1) is 13.2. The molecule has 148 valence electrons. The predicted molar refractivity (Wildman–Crippen MR) is 114 cm³/mol. The highest BCUT2D eigenvalue weighted by Gasteiger charge is 2.21. The Bertz CT molecular complexity index is 658. The summed E-state index contributed by atoms with van der Waals surface area (Å²) in [7, 11) is 0. The van der Waals surface area contributed by atoms with Crippen molar-refractivity contribution >= 4 is 17.3 Å². The second-order valence-electron chi connectivity index (χ2n) is 7.36. The summed E-state index contributed by atoms with van der Waals surface area (Å²) in [5.74, 6) is 1.94. The van der Waals surface area contributed by atoms with E-state index in [0.29, 0.717) is 12.1 Å². The van der Waals surface area contributed by atoms with Gasteiger partial charge in [-0.15, -0.1) is 11.3 Å². The SMILES string of the molecule is CC(C)N1CCC(NC(=NCCc2cccs2)NCCc2ccco2)CC1. The van der Waals surface area contributed by atoms with Crippen LogP contribution in [0, 0.1) is 0 Å². The number of furan rings is 1. The van der Waals surface area contributed by atoms with Gasteiger partial charge < -0.3 is 20.0 Å². The highest BCUT2D eigenvalue weighted by atomic mass is 32.1. The summed E-state index contributed by atoms with van der Waals surface area (Å²) in [5.41, 5.74) is 0. The third-order valence-electron chi connectivity index (χ3n) is 5.05. The first-order valence-electron chi connectivity index (χ1n) is 10.0. The number of nitrogens with one attached hydrogen (secondary N) is 2. The topological polar surface area (TPSA) is 52.8 Å². The van der Waals surface area contributed by atoms with Gasteiger partial charge in [-0.25, -0.2) is 0 Å². The molecule has 1 aliphatic rings. The van der Waals surface area contributed by atoms with E-state index in [9.17, 15) is 0 Å². The molecule has 0 spiro atoms. The van der Waals surface area contributed by atoms with E-state index in [0.717, 1.165) is 50.7 Å². The van der Waals surface area contributed by atoms with Gasteiger partial charge in [0.1, 0.15) is 5.76 Å². The third kappa shape index (κ3) is 6.70. The maximum Gasteiger partial charge on any atom is 0.191 e. The molecule has 2 aromatic heterocycles. The lowest BCUT2D eigenvalue weighted by Gasteiger charge is -2.35. The second-order valence-corrected chi connectivity index (χ2v) is 8.40. The van der Waals surface area contributed by atoms with E-state index in [-0.39, 0.29) is 0 Å². The summed E-state index contributed by atoms with van der Waals surface area (Å²) in [6.45, 7) is 8.50. The van der Waals surface area contributed by atoms with Gasteiger partial charge in [0, 0.05) is 56.0 Å². The predicted octanol–water partition coefficient (Wildman–Crippen LogP) is 3.53. The quantitative estimate of drug-likeness (QED) is 0.537. The van der Waals surface area contributed by atoms with Crippen LogP contribution in [0.4, 0.5) is 0 Å². The molecule has 0 saturated carbocycles. The Morgan fingerprint density at radius 2 is 2.11 bits per heavy atom. The lowest BCUT2D eigenvalue weighted by Crippen LogP contribution is -2.50. The molecule has 0 aliphatic carbocycles. The standard InChI is InChI=1S/C21H32N4OS/c1-17(2)25-13-9-18(10-14-25)24-21(22-11-7-19-5-3-15-26-19)23-12-8-20-6-4-16-27-20/h3-6,15-18H,7-14H2,1-2H3,(H2,22,23,24). The normalized spacial score (nSPS) is 16.8. The van der Waals surface area contributed by atoms with E-state index in [1.807, 2.05) is 12.1 Å². The molecule has 0 radical (unpaired) electrons. The zero-order valence-corrected chi connectivity index (χ0v) is 17.3. The lowest BCUT2D eigenvalue weighted by molar-refractivity contribution is 0.167. The van der Waals surface area contributed by atoms with Gasteiger partial charge in [-0.05, 0) is 50.3 Å². The number of likely N-dealkylation sites (tertiary alicyclic amines) is 1. The maximum absolute atomic E-state index is 5.43. The summed E-state index contributed by atoms with van der Waals surface area (Å²) < 4.78 is 5.43. The summed E-state index contributed by atoms with van der Waals surface area (Å²) >= 11 is 1.80. The van der Waals surface area contributed by atoms with Crippen molar-refractivity contribution in [3.05, 3.63) is 46.5 Å². The molecule has 27 heavy (non-hydrogen) atoms. The molecule has 0 unspecified atom stereocenters. The van der Waals surface area contributed by atoms with Crippen molar-refractivity contribution in [2.24, 2.45) is 4.99 Å². The number of piperidine rings is 1. The Hall–Kier alpha value is -1.79. The molecule has 2 aromatic rings. The van der Waals surface area contributed by atoms with Crippen LogP contribution in [0.25, 0.3) is 0 Å². The lowest BCUT2D eigenvalue weighted by atomic mass is 10.0. The molecule has 0 amide bonds. The van der Waals surface area contributed by atoms with Crippen LogP contribution in [0.15, 0.2) is 45.3 Å². The Kier molecular flexibility index (Phi) is 7.78. The molecule has 3 rings (SSSR count). The number of nitrogens with zero attached hydrogens (tertiary/aromatic N) is 2. The van der Waals surface area contributed by atoms with Crippen LogP contribution in [0.1, 0.15) is 37.3 Å². The molecular formula is C21H32N4OS. The number of hydrogen-bond acceptors (Lipinski definition) is 4. The van der Waals surface area contributed by atoms with Gasteiger partial charge in [-0.1, -0.05) is 6.07 Å². The molecule has 1 saturated heterocycles. The molecule has 5 nitrogen and oxygen atoms in total. The summed E-state index contributed by atoms with van der Waals surface area (Å²) in [5, 5.41) is 9.28. The molecule has 6 heteroatoms. The Morgan fingerprint density at radius 1 is 1.26 bits per heavy atom. The third-order valence-corrected chi connectivity index (χ3v) is 5.99. The number of thiophene rings is 1. The van der Waals surface area contributed by atoms with Gasteiger partial charge >= 0.3 is 0 Å². The number of rotatable bonds is 8. The minimum Gasteiger partial charge on any atom is -0.469 e. The molecule has 1 fully saturated rings. The monoisotopic (exact) mass is 388 g/mol. The van der Waals surface area contributed by atoms with Crippen molar-refractivity contribution in [1.29, 1.82) is 0 Å². The van der Waals surface area contributed by atoms with Crippen LogP contribution >= 0.6 is 11.3 Å². The molecule has 0 aromatic carbocycles. The summed E-state index contributed by atoms with van der Waals surface area (Å²) in [6.07, 6.45) is 5.93. The Balaban J connectivity index is 1.50. The second kappa shape index (κ2) is 10.5. The van der Waals surface area contributed by atoms with E-state index in [1.165, 1.54) is 17.7 Å². The molecular weight excluding hydrogens is 356 g/mol. The fourth-order valence-electron chi connectivity index (χ4n) is 3.40. The fourth-order valence-corrected chi connectivity index (χ4v) is 4.10. The van der Waals surface area contributed by atoms with Crippen LogP contribution in [-0.4, -0.2) is 49.1 Å². The van der Waals surface area contributed by atoms with Gasteiger partial charge in [0.15, 0.2) is 5.96 Å². The summed E-state index contributed by atoms with van der Waals surface area (Å²) in [4.78, 5) is 8.76. The van der Waals surface area contributed by atoms with Gasteiger partial charge in [-0.3, -0.25) is 4.99 Å². The highest BCUT2D eigenvalue weighted by Crippen LogP contribution is 2.13. The van der Waals surface area contributed by atoms with Gasteiger partial charge in [0.2, 0.25) is 0 Å². The van der Waals surface area contributed by atoms with Crippen LogP contribution in [0.5, 0.6) is 0 Å². The van der Waals surface area contributed by atoms with Crippen LogP contribution in [-0.2, 0) is 12.8 Å². The van der Waals surface area contributed by atoms with Crippen LogP contribution in [0.2, 0.25) is 0 Å². The smallest absolute Gasteiger partial charge is 0.191 e. The largest absolute Gasteiger partial charge is 0.469 e. The minimum absolute atomic E-state index is 0.497. The van der Waals surface area contributed by atoms with Crippen LogP contribution < -0.4 is 10.6 Å². The average Bonchev–Trinajstić information content (AvgIpc) is 3.36. The number of hydrogen-bond donors (Lipinski definition) is 2. The Morgan fingerprint density at radius 3 is 2.78 bits per heavy atom. The van der Waals surface area contributed by atoms with Crippen molar-refractivity contribution in [3.63, 3.8) is 0 Å². The van der Waals surface area contributed by atoms with E-state index in [4.69, 9.17) is 9.41 Å². The minimum atomic E-state index is 0.497. The van der Waals surface area contributed by atoms with Crippen molar-refractivity contribution in [1.82, 2.24) is 15.5 Å². The van der Waals surface area contributed by atoms with Crippen molar-refractivity contribution in [2.45, 2.75) is 51.6 Å². The first kappa shape index (κ1) is 20.0. The average molecular weight is 389 g/mol. The molecule has 0 atom stereocenters. The first-order valence-corrected chi connectivity index (χ1v) is 10.9. The zero-order valence-electron chi connectivity index (χ0n) is 16.5. The summed E-state index contributed by atoms with van der Waals surface area (Å²) in [6, 6.07) is 9.37. The van der Waals surface area contributed by atoms with Crippen molar-refractivity contribution < 1.29 is 4.42 Å². The molecule has 2 N–H and O–H groups in total. The van der Waals surface area contributed by atoms with Gasteiger partial charge in [0.05, 0.1) is 6.26 Å². The number of aliphatic imine (C=N–C) groups is 1. The number of guanidine groups is 1. The zero-order chi connectivity index (χ0) is 18.9. The van der Waals surface area contributed by atoms with Gasteiger partial charge in [0.25, 0.3) is 0 Å². The molecule has 3 heterocycles. The fraction of sp³-hybridized carbons (Fsp3) is 0.571. The highest BCUT2D eigenvalue weighted by molar-refractivity contribution is 7.09. The van der Waals surface area contributed by atoms with E-state index < -0.39 is 0 Å². The molecule has 0 bridgehead atoms. The molecule has 1 aliphatic heterocycles. The van der Waals surface area contributed by atoms with E-state index in [2.05, 4.69) is 46.9 Å². The maximum atomic E-state index is 5.43. The van der Waals surface area contributed by atoms with Crippen molar-refractivity contribution in [2.75, 3.05) is 26.2 Å². The van der Waals surface area contributed by atoms with Crippen LogP contribution in [0.3, 0.4) is 0 Å². The van der Waals surface area contributed by atoms with Crippen molar-refractivity contribution in [3.8, 4) is 0 Å². The Labute approximate surface area is 166 Å². The van der Waals surface area contributed by atoms with E-state index in [1.54, 1.807) is 17.6 Å².